The van der Waals surface area contributed by atoms with Crippen molar-refractivity contribution in [3.63, 3.8) is 0 Å². The molecule has 0 aliphatic carbocycles. The highest BCUT2D eigenvalue weighted by atomic mass is 19.1. The van der Waals surface area contributed by atoms with Crippen LogP contribution in [0.4, 0.5) is 10.2 Å². The maximum Gasteiger partial charge on any atom is 0.256 e. The normalized spacial score (nSPS) is 18.8. The van der Waals surface area contributed by atoms with Crippen molar-refractivity contribution in [1.29, 1.82) is 0 Å². The van der Waals surface area contributed by atoms with Crippen molar-refractivity contribution >= 4 is 11.7 Å². The first-order valence-electron chi connectivity index (χ1n) is 7.46. The van der Waals surface area contributed by atoms with Crippen LogP contribution in [0.2, 0.25) is 0 Å². The topological polar surface area (TPSA) is 59.4 Å². The second-order valence-corrected chi connectivity index (χ2v) is 5.67. The zero-order valence-corrected chi connectivity index (χ0v) is 13.1. The van der Waals surface area contributed by atoms with E-state index in [1.165, 1.54) is 12.1 Å². The Hall–Kier alpha value is -2.25. The number of hydrogen-bond donors (Lipinski definition) is 1. The highest BCUT2D eigenvalue weighted by Crippen LogP contribution is 2.16. The monoisotopic (exact) mass is 318 g/mol. The zero-order valence-electron chi connectivity index (χ0n) is 13.1. The second-order valence-electron chi connectivity index (χ2n) is 5.67. The number of nitrogens with one attached hydrogen (secondary N) is 1. The van der Waals surface area contributed by atoms with Crippen molar-refractivity contribution in [2.75, 3.05) is 32.1 Å². The Morgan fingerprint density at radius 1 is 1.43 bits per heavy atom. The van der Waals surface area contributed by atoms with Gasteiger partial charge in [-0.1, -0.05) is 6.07 Å². The van der Waals surface area contributed by atoms with Crippen LogP contribution in [0.3, 0.4) is 0 Å². The van der Waals surface area contributed by atoms with Crippen LogP contribution in [-0.4, -0.2) is 53.4 Å². The summed E-state index contributed by atoms with van der Waals surface area (Å²) in [6.45, 7) is 3.75. The minimum atomic E-state index is -0.506. The van der Waals surface area contributed by atoms with E-state index in [9.17, 15) is 9.18 Å². The predicted octanol–water partition coefficient (Wildman–Crippen LogP) is 1.59. The Bertz CT molecular complexity index is 716. The molecule has 1 N–H and O–H groups in total. The van der Waals surface area contributed by atoms with Crippen molar-refractivity contribution in [1.82, 2.24) is 14.7 Å². The van der Waals surface area contributed by atoms with E-state index < -0.39 is 6.10 Å². The van der Waals surface area contributed by atoms with Gasteiger partial charge < -0.3 is 15.0 Å². The predicted molar refractivity (Wildman–Crippen MR) is 84.1 cm³/mol. The van der Waals surface area contributed by atoms with Gasteiger partial charge in [-0.2, -0.15) is 0 Å². The average Bonchev–Trinajstić information content (AvgIpc) is 2.88. The summed E-state index contributed by atoms with van der Waals surface area (Å²) in [5.41, 5.74) is 1.41. The molecule has 3 rings (SSSR count). The Balaban J connectivity index is 1.74. The number of amides is 1. The standard InChI is InChI=1S/C16H19FN4O2/c1-11-8-15(18-16(22)14-10-20(2)6-7-23-14)19-21(11)13-5-3-4-12(17)9-13/h3-5,8-9,14H,6-7,10H2,1-2H3,(H,18,19,22)/t14-/m1/s1. The molecule has 1 aromatic carbocycles. The summed E-state index contributed by atoms with van der Waals surface area (Å²) in [7, 11) is 1.95. The Kier molecular flexibility index (Phi) is 4.40. The summed E-state index contributed by atoms with van der Waals surface area (Å²) in [6.07, 6.45) is -0.506. The van der Waals surface area contributed by atoms with E-state index in [2.05, 4.69) is 10.4 Å². The quantitative estimate of drug-likeness (QED) is 0.934. The Labute approximate surface area is 133 Å². The van der Waals surface area contributed by atoms with E-state index in [1.54, 1.807) is 22.9 Å². The molecular weight excluding hydrogens is 299 g/mol. The average molecular weight is 318 g/mol. The van der Waals surface area contributed by atoms with Gasteiger partial charge in [0, 0.05) is 24.8 Å². The lowest BCUT2D eigenvalue weighted by Gasteiger charge is -2.28. The van der Waals surface area contributed by atoms with Crippen molar-refractivity contribution in [3.05, 3.63) is 41.8 Å². The second kappa shape index (κ2) is 6.47. The fourth-order valence-corrected chi connectivity index (χ4v) is 2.55. The molecule has 6 nitrogen and oxygen atoms in total. The molecule has 1 aromatic heterocycles. The summed E-state index contributed by atoms with van der Waals surface area (Å²) in [5, 5.41) is 7.09. The number of halogens is 1. The highest BCUT2D eigenvalue weighted by molar-refractivity contribution is 5.93. The van der Waals surface area contributed by atoms with Crippen LogP contribution >= 0.6 is 0 Å². The number of likely N-dealkylation sites (N-methyl/N-ethyl adjacent to an activating group) is 1. The fourth-order valence-electron chi connectivity index (χ4n) is 2.55. The molecule has 1 fully saturated rings. The van der Waals surface area contributed by atoms with E-state index in [-0.39, 0.29) is 11.7 Å². The van der Waals surface area contributed by atoms with E-state index in [4.69, 9.17) is 4.74 Å². The highest BCUT2D eigenvalue weighted by Gasteiger charge is 2.25. The fraction of sp³-hybridized carbons (Fsp3) is 0.375. The Morgan fingerprint density at radius 2 is 2.26 bits per heavy atom. The van der Waals surface area contributed by atoms with Crippen LogP contribution in [0, 0.1) is 12.7 Å². The number of aryl methyl sites for hydroxylation is 1. The molecule has 1 saturated heterocycles. The van der Waals surface area contributed by atoms with Crippen molar-refractivity contribution < 1.29 is 13.9 Å². The lowest BCUT2D eigenvalue weighted by Crippen LogP contribution is -2.46. The first kappa shape index (κ1) is 15.6. The number of hydrogen-bond acceptors (Lipinski definition) is 4. The van der Waals surface area contributed by atoms with Crippen molar-refractivity contribution in [2.24, 2.45) is 0 Å². The van der Waals surface area contributed by atoms with Crippen LogP contribution < -0.4 is 5.32 Å². The molecule has 0 spiro atoms. The van der Waals surface area contributed by atoms with Crippen molar-refractivity contribution in [3.8, 4) is 5.69 Å². The van der Waals surface area contributed by atoms with E-state index in [0.29, 0.717) is 24.7 Å². The molecule has 7 heteroatoms. The summed E-state index contributed by atoms with van der Waals surface area (Å²) in [4.78, 5) is 14.3. The van der Waals surface area contributed by atoms with Crippen LogP contribution in [0.1, 0.15) is 5.69 Å². The maximum atomic E-state index is 13.3. The zero-order chi connectivity index (χ0) is 16.4. The number of rotatable bonds is 3. The van der Waals surface area contributed by atoms with Crippen LogP contribution in [-0.2, 0) is 9.53 Å². The van der Waals surface area contributed by atoms with Gasteiger partial charge in [-0.3, -0.25) is 4.79 Å². The molecule has 2 aromatic rings. The minimum Gasteiger partial charge on any atom is -0.366 e. The van der Waals surface area contributed by atoms with Crippen molar-refractivity contribution in [2.45, 2.75) is 13.0 Å². The van der Waals surface area contributed by atoms with Crippen LogP contribution in [0.25, 0.3) is 5.69 Å². The van der Waals surface area contributed by atoms with Gasteiger partial charge in [-0.05, 0) is 32.2 Å². The van der Waals surface area contributed by atoms with Gasteiger partial charge in [0.25, 0.3) is 5.91 Å². The summed E-state index contributed by atoms with van der Waals surface area (Å²) in [6, 6.07) is 7.89. The van der Waals surface area contributed by atoms with Gasteiger partial charge in [0.15, 0.2) is 5.82 Å². The van der Waals surface area contributed by atoms with E-state index in [0.717, 1.165) is 12.2 Å². The summed E-state index contributed by atoms with van der Waals surface area (Å²) < 4.78 is 20.4. The van der Waals surface area contributed by atoms with E-state index in [1.807, 2.05) is 18.9 Å². The first-order valence-corrected chi connectivity index (χ1v) is 7.46. The number of carbonyl (C=O) groups excluding carboxylic acids is 1. The van der Waals surface area contributed by atoms with Crippen LogP contribution in [0.5, 0.6) is 0 Å². The largest absolute Gasteiger partial charge is 0.366 e. The third-order valence-electron chi connectivity index (χ3n) is 3.75. The molecule has 0 bridgehead atoms. The lowest BCUT2D eigenvalue weighted by molar-refractivity contribution is -0.132. The minimum absolute atomic E-state index is 0.222. The third kappa shape index (κ3) is 3.57. The number of anilines is 1. The number of ether oxygens (including phenoxy) is 1. The number of nitrogens with zero attached hydrogens (tertiary/aromatic N) is 3. The molecule has 23 heavy (non-hydrogen) atoms. The lowest BCUT2D eigenvalue weighted by atomic mass is 10.2. The van der Waals surface area contributed by atoms with Gasteiger partial charge in [-0.15, -0.1) is 5.10 Å². The van der Waals surface area contributed by atoms with Gasteiger partial charge >= 0.3 is 0 Å². The summed E-state index contributed by atoms with van der Waals surface area (Å²) in [5.74, 6) is -0.129. The molecule has 2 heterocycles. The maximum absolute atomic E-state index is 13.3. The van der Waals surface area contributed by atoms with Gasteiger partial charge in [0.2, 0.25) is 0 Å². The molecule has 1 atom stereocenters. The number of morpholine rings is 1. The van der Waals surface area contributed by atoms with Gasteiger partial charge in [-0.25, -0.2) is 9.07 Å². The number of benzene rings is 1. The van der Waals surface area contributed by atoms with Crippen LogP contribution in [0.15, 0.2) is 30.3 Å². The molecule has 0 saturated carbocycles. The Morgan fingerprint density at radius 3 is 3.00 bits per heavy atom. The first-order chi connectivity index (χ1) is 11.0. The molecule has 122 valence electrons. The van der Waals surface area contributed by atoms with Gasteiger partial charge in [0.1, 0.15) is 11.9 Å². The summed E-state index contributed by atoms with van der Waals surface area (Å²) >= 11 is 0. The molecule has 1 aliphatic heterocycles. The smallest absolute Gasteiger partial charge is 0.256 e. The number of carbonyl (C=O) groups is 1. The molecule has 0 unspecified atom stereocenters. The SMILES string of the molecule is Cc1cc(NC(=O)[C@H]2CN(C)CCO2)nn1-c1cccc(F)c1. The number of aromatic nitrogens is 2. The molecule has 0 radical (unpaired) electrons. The van der Waals surface area contributed by atoms with E-state index >= 15 is 0 Å². The molecule has 1 amide bonds. The molecular formula is C16H19FN4O2. The van der Waals surface area contributed by atoms with Gasteiger partial charge in [0.05, 0.1) is 12.3 Å². The third-order valence-corrected chi connectivity index (χ3v) is 3.75. The molecule has 1 aliphatic rings.